The van der Waals surface area contributed by atoms with Gasteiger partial charge in [-0.15, -0.1) is 0 Å². The lowest BCUT2D eigenvalue weighted by Gasteiger charge is -2.35. The Morgan fingerprint density at radius 3 is 2.50 bits per heavy atom. The van der Waals surface area contributed by atoms with Crippen molar-refractivity contribution in [1.29, 1.82) is 0 Å². The molecule has 30 heavy (non-hydrogen) atoms. The molecule has 1 N–H and O–H groups in total. The lowest BCUT2D eigenvalue weighted by molar-refractivity contribution is -0.139. The third-order valence-electron chi connectivity index (χ3n) is 5.17. The quantitative estimate of drug-likeness (QED) is 0.649. The maximum atomic E-state index is 10.9. The van der Waals surface area contributed by atoms with Gasteiger partial charge in [-0.05, 0) is 53.1 Å². The molecule has 7 nitrogen and oxygen atoms in total. The zero-order valence-electron chi connectivity index (χ0n) is 16.6. The maximum absolute atomic E-state index is 10.9. The van der Waals surface area contributed by atoms with Gasteiger partial charge >= 0.3 is 5.97 Å². The molecule has 1 saturated heterocycles. The number of aliphatic carboxylic acids is 1. The minimum absolute atomic E-state index is 0.350. The van der Waals surface area contributed by atoms with Crippen LogP contribution < -0.4 is 9.64 Å². The number of rotatable bonds is 7. The SMILES string of the molecule is O=C(O)COc1ccc(-c2ccncc2)c(CN2CCN(c3ccccn3)CC2)c1. The minimum atomic E-state index is -0.986. The molecule has 1 aliphatic rings. The summed E-state index contributed by atoms with van der Waals surface area (Å²) >= 11 is 0. The molecule has 3 aromatic rings. The van der Waals surface area contributed by atoms with Crippen molar-refractivity contribution in [2.75, 3.05) is 37.7 Å². The molecular formula is C23H24N4O3. The van der Waals surface area contributed by atoms with E-state index in [1.807, 2.05) is 54.7 Å². The van der Waals surface area contributed by atoms with Gasteiger partial charge in [0.05, 0.1) is 0 Å². The number of piperazine rings is 1. The monoisotopic (exact) mass is 404 g/mol. The maximum Gasteiger partial charge on any atom is 0.341 e. The van der Waals surface area contributed by atoms with Crippen LogP contribution in [0.15, 0.2) is 67.1 Å². The summed E-state index contributed by atoms with van der Waals surface area (Å²) in [7, 11) is 0. The summed E-state index contributed by atoms with van der Waals surface area (Å²) in [6, 6.07) is 15.7. The van der Waals surface area contributed by atoms with Gasteiger partial charge in [0.25, 0.3) is 0 Å². The van der Waals surface area contributed by atoms with Gasteiger partial charge in [-0.2, -0.15) is 0 Å². The van der Waals surface area contributed by atoms with Gasteiger partial charge in [0, 0.05) is 51.3 Å². The highest BCUT2D eigenvalue weighted by atomic mass is 16.5. The first kappa shape index (κ1) is 19.8. The summed E-state index contributed by atoms with van der Waals surface area (Å²) in [5, 5.41) is 8.91. The molecule has 1 fully saturated rings. The number of anilines is 1. The van der Waals surface area contributed by atoms with Crippen molar-refractivity contribution in [2.45, 2.75) is 6.54 Å². The van der Waals surface area contributed by atoms with Crippen molar-refractivity contribution in [1.82, 2.24) is 14.9 Å². The summed E-state index contributed by atoms with van der Waals surface area (Å²) in [5.74, 6) is 0.594. The Bertz CT molecular complexity index is 974. The number of hydrogen-bond acceptors (Lipinski definition) is 6. The van der Waals surface area contributed by atoms with Gasteiger partial charge in [-0.3, -0.25) is 9.88 Å². The highest BCUT2D eigenvalue weighted by Crippen LogP contribution is 2.29. The second kappa shape index (κ2) is 9.37. The number of ether oxygens (including phenoxy) is 1. The van der Waals surface area contributed by atoms with E-state index in [-0.39, 0.29) is 6.61 Å². The number of carboxylic acids is 1. The number of aromatic nitrogens is 2. The molecule has 4 rings (SSSR count). The summed E-state index contributed by atoms with van der Waals surface area (Å²) < 4.78 is 5.42. The van der Waals surface area contributed by atoms with E-state index < -0.39 is 5.97 Å². The van der Waals surface area contributed by atoms with Gasteiger partial charge in [0.2, 0.25) is 0 Å². The molecule has 7 heteroatoms. The van der Waals surface area contributed by atoms with Gasteiger partial charge in [-0.25, -0.2) is 9.78 Å². The molecular weight excluding hydrogens is 380 g/mol. The van der Waals surface area contributed by atoms with Crippen molar-refractivity contribution >= 4 is 11.8 Å². The topological polar surface area (TPSA) is 78.8 Å². The first-order chi connectivity index (χ1) is 14.7. The van der Waals surface area contributed by atoms with E-state index >= 15 is 0 Å². The Morgan fingerprint density at radius 1 is 1.00 bits per heavy atom. The fourth-order valence-corrected chi connectivity index (χ4v) is 3.67. The second-order valence-corrected chi connectivity index (χ2v) is 7.19. The van der Waals surface area contributed by atoms with Crippen LogP contribution in [0.3, 0.4) is 0 Å². The van der Waals surface area contributed by atoms with Gasteiger partial charge in [0.1, 0.15) is 11.6 Å². The lowest BCUT2D eigenvalue weighted by Crippen LogP contribution is -2.46. The Labute approximate surface area is 175 Å². The van der Waals surface area contributed by atoms with Crippen molar-refractivity contribution in [3.8, 4) is 16.9 Å². The van der Waals surface area contributed by atoms with Crippen molar-refractivity contribution in [2.24, 2.45) is 0 Å². The Morgan fingerprint density at radius 2 is 1.80 bits per heavy atom. The Hall–Kier alpha value is -3.45. The van der Waals surface area contributed by atoms with Crippen LogP contribution in [0.25, 0.3) is 11.1 Å². The predicted octanol–water partition coefficient (Wildman–Crippen LogP) is 2.93. The van der Waals surface area contributed by atoms with Crippen molar-refractivity contribution < 1.29 is 14.6 Å². The van der Waals surface area contributed by atoms with E-state index in [2.05, 4.69) is 19.8 Å². The average Bonchev–Trinajstić information content (AvgIpc) is 2.79. The van der Waals surface area contributed by atoms with Gasteiger partial charge in [-0.1, -0.05) is 12.1 Å². The number of benzene rings is 1. The van der Waals surface area contributed by atoms with Crippen LogP contribution in [0.1, 0.15) is 5.56 Å². The van der Waals surface area contributed by atoms with Crippen LogP contribution in [0.4, 0.5) is 5.82 Å². The van der Waals surface area contributed by atoms with Gasteiger partial charge in [0.15, 0.2) is 6.61 Å². The fourth-order valence-electron chi connectivity index (χ4n) is 3.67. The van der Waals surface area contributed by atoms with Crippen LogP contribution in [-0.4, -0.2) is 58.7 Å². The summed E-state index contributed by atoms with van der Waals surface area (Å²) in [6.07, 6.45) is 5.38. The van der Waals surface area contributed by atoms with Gasteiger partial charge < -0.3 is 14.7 Å². The molecule has 2 aromatic heterocycles. The zero-order chi connectivity index (χ0) is 20.8. The zero-order valence-corrected chi connectivity index (χ0v) is 16.6. The predicted molar refractivity (Wildman–Crippen MR) is 115 cm³/mol. The summed E-state index contributed by atoms with van der Waals surface area (Å²) in [5.41, 5.74) is 3.29. The Balaban J connectivity index is 1.50. The summed E-state index contributed by atoms with van der Waals surface area (Å²) in [6.45, 7) is 4.08. The largest absolute Gasteiger partial charge is 0.482 e. The fraction of sp³-hybridized carbons (Fsp3) is 0.261. The number of nitrogens with zero attached hydrogens (tertiary/aromatic N) is 4. The van der Waals surface area contributed by atoms with Crippen molar-refractivity contribution in [3.63, 3.8) is 0 Å². The van der Waals surface area contributed by atoms with Crippen LogP contribution in [0.2, 0.25) is 0 Å². The molecule has 0 spiro atoms. The van der Waals surface area contributed by atoms with E-state index in [1.54, 1.807) is 12.4 Å². The number of pyridine rings is 2. The normalized spacial score (nSPS) is 14.5. The van der Waals surface area contributed by atoms with E-state index in [9.17, 15) is 4.79 Å². The second-order valence-electron chi connectivity index (χ2n) is 7.19. The third kappa shape index (κ3) is 4.93. The minimum Gasteiger partial charge on any atom is -0.482 e. The smallest absolute Gasteiger partial charge is 0.341 e. The van der Waals surface area contributed by atoms with E-state index in [0.29, 0.717) is 5.75 Å². The number of carboxylic acid groups (broad SMARTS) is 1. The lowest BCUT2D eigenvalue weighted by atomic mass is 9.99. The molecule has 0 saturated carbocycles. The van der Waals surface area contributed by atoms with Crippen LogP contribution in [-0.2, 0) is 11.3 Å². The van der Waals surface area contributed by atoms with E-state index in [4.69, 9.17) is 9.84 Å². The molecule has 0 atom stereocenters. The van der Waals surface area contributed by atoms with E-state index in [1.165, 1.54) is 0 Å². The molecule has 0 amide bonds. The highest BCUT2D eigenvalue weighted by Gasteiger charge is 2.19. The molecule has 0 radical (unpaired) electrons. The molecule has 154 valence electrons. The molecule has 0 aliphatic carbocycles. The molecule has 1 aliphatic heterocycles. The van der Waals surface area contributed by atoms with Crippen molar-refractivity contribution in [3.05, 3.63) is 72.7 Å². The van der Waals surface area contributed by atoms with Crippen LogP contribution in [0.5, 0.6) is 5.75 Å². The first-order valence-corrected chi connectivity index (χ1v) is 9.95. The molecule has 0 unspecified atom stereocenters. The molecule has 0 bridgehead atoms. The number of hydrogen-bond donors (Lipinski definition) is 1. The third-order valence-corrected chi connectivity index (χ3v) is 5.17. The van der Waals surface area contributed by atoms with E-state index in [0.717, 1.165) is 55.2 Å². The average molecular weight is 404 g/mol. The highest BCUT2D eigenvalue weighted by molar-refractivity contribution is 5.70. The Kier molecular flexibility index (Phi) is 6.20. The van der Waals surface area contributed by atoms with Crippen LogP contribution >= 0.6 is 0 Å². The first-order valence-electron chi connectivity index (χ1n) is 9.95. The summed E-state index contributed by atoms with van der Waals surface area (Å²) in [4.78, 5) is 24.1. The standard InChI is InChI=1S/C23H24N4O3/c28-23(29)17-30-20-4-5-21(18-6-9-24-10-7-18)19(15-20)16-26-11-13-27(14-12-26)22-3-1-2-8-25-22/h1-10,15H,11-14,16-17H2,(H,28,29). The van der Waals surface area contributed by atoms with Crippen LogP contribution in [0, 0.1) is 0 Å². The molecule has 3 heterocycles. The molecule has 1 aromatic carbocycles. The number of carbonyl (C=O) groups is 1.